The van der Waals surface area contributed by atoms with E-state index in [1.165, 1.54) is 16.7 Å². The van der Waals surface area contributed by atoms with Crippen LogP contribution in [0.1, 0.15) is 16.7 Å². The zero-order valence-corrected chi connectivity index (χ0v) is 10.9. The maximum Gasteiger partial charge on any atom is 0.322 e. The number of hydrogen-bond donors (Lipinski definition) is 2. The Morgan fingerprint density at radius 3 is 2.72 bits per heavy atom. The highest BCUT2D eigenvalue weighted by Crippen LogP contribution is 2.18. The van der Waals surface area contributed by atoms with E-state index in [0.29, 0.717) is 6.54 Å². The van der Waals surface area contributed by atoms with Crippen molar-refractivity contribution in [3.05, 3.63) is 34.9 Å². The molecule has 1 atom stereocenters. The molecule has 4 heteroatoms. The van der Waals surface area contributed by atoms with Crippen LogP contribution in [0.2, 0.25) is 0 Å². The lowest BCUT2D eigenvalue weighted by molar-refractivity contribution is -0.144. The molecule has 1 fully saturated rings. The topological polar surface area (TPSA) is 52.6 Å². The second kappa shape index (κ2) is 5.50. The Bertz CT molecular complexity index is 425. The van der Waals surface area contributed by atoms with E-state index in [-0.39, 0.29) is 0 Å². The molecule has 4 nitrogen and oxygen atoms in total. The molecule has 0 amide bonds. The lowest BCUT2D eigenvalue weighted by Gasteiger charge is -2.34. The highest BCUT2D eigenvalue weighted by Gasteiger charge is 2.28. The molecular weight excluding hydrogens is 228 g/mol. The van der Waals surface area contributed by atoms with Gasteiger partial charge in [0, 0.05) is 26.2 Å². The lowest BCUT2D eigenvalue weighted by Crippen LogP contribution is -2.54. The van der Waals surface area contributed by atoms with Gasteiger partial charge in [0.25, 0.3) is 0 Å². The van der Waals surface area contributed by atoms with Crippen LogP contribution in [-0.2, 0) is 11.3 Å². The summed E-state index contributed by atoms with van der Waals surface area (Å²) >= 11 is 0. The van der Waals surface area contributed by atoms with Gasteiger partial charge in [-0.25, -0.2) is 0 Å². The number of aryl methyl sites for hydroxylation is 2. The first-order valence-corrected chi connectivity index (χ1v) is 6.32. The Hall–Kier alpha value is -1.39. The van der Waals surface area contributed by atoms with Crippen LogP contribution >= 0.6 is 0 Å². The number of carbonyl (C=O) groups is 1. The molecule has 1 saturated heterocycles. The molecule has 1 aromatic carbocycles. The minimum absolute atomic E-state index is 0.419. The molecule has 98 valence electrons. The van der Waals surface area contributed by atoms with Crippen molar-refractivity contribution in [2.45, 2.75) is 26.4 Å². The second-order valence-corrected chi connectivity index (χ2v) is 4.90. The fraction of sp³-hybridized carbons (Fsp3) is 0.500. The van der Waals surface area contributed by atoms with Crippen LogP contribution in [-0.4, -0.2) is 41.7 Å². The monoisotopic (exact) mass is 248 g/mol. The molecule has 1 aliphatic heterocycles. The highest BCUT2D eigenvalue weighted by atomic mass is 16.4. The van der Waals surface area contributed by atoms with Crippen LogP contribution in [0.3, 0.4) is 0 Å². The molecule has 0 spiro atoms. The third-order valence-corrected chi connectivity index (χ3v) is 3.64. The van der Waals surface area contributed by atoms with E-state index in [2.05, 4.69) is 31.3 Å². The second-order valence-electron chi connectivity index (χ2n) is 4.90. The number of nitrogens with zero attached hydrogens (tertiary/aromatic N) is 1. The van der Waals surface area contributed by atoms with Crippen molar-refractivity contribution in [1.82, 2.24) is 10.2 Å². The Labute approximate surface area is 108 Å². The zero-order valence-electron chi connectivity index (χ0n) is 10.9. The molecule has 1 aromatic rings. The average Bonchev–Trinajstić information content (AvgIpc) is 2.34. The largest absolute Gasteiger partial charge is 0.480 e. The van der Waals surface area contributed by atoms with Crippen molar-refractivity contribution in [2.75, 3.05) is 19.6 Å². The van der Waals surface area contributed by atoms with Crippen LogP contribution in [0.15, 0.2) is 18.2 Å². The first kappa shape index (κ1) is 13.1. The number of aliphatic carboxylic acids is 1. The summed E-state index contributed by atoms with van der Waals surface area (Å²) in [6, 6.07) is 5.79. The van der Waals surface area contributed by atoms with Crippen LogP contribution in [0.5, 0.6) is 0 Å². The maximum absolute atomic E-state index is 11.2. The van der Waals surface area contributed by atoms with Gasteiger partial charge in [0.1, 0.15) is 6.04 Å². The summed E-state index contributed by atoms with van der Waals surface area (Å²) in [6.45, 7) is 7.05. The van der Waals surface area contributed by atoms with Crippen LogP contribution in [0.4, 0.5) is 0 Å². The van der Waals surface area contributed by atoms with Crippen molar-refractivity contribution in [2.24, 2.45) is 0 Å². The van der Waals surface area contributed by atoms with Gasteiger partial charge in [-0.15, -0.1) is 0 Å². The standard InChI is InChI=1S/C14H20N2O2/c1-10-4-3-5-11(2)12(10)9-16-7-6-15-8-13(16)14(17)18/h3-5,13,15H,6-9H2,1-2H3,(H,17,18). The minimum atomic E-state index is -0.742. The van der Waals surface area contributed by atoms with Gasteiger partial charge in [0.05, 0.1) is 0 Å². The normalized spacial score (nSPS) is 20.9. The van der Waals surface area contributed by atoms with Gasteiger partial charge < -0.3 is 10.4 Å². The summed E-state index contributed by atoms with van der Waals surface area (Å²) < 4.78 is 0. The third-order valence-electron chi connectivity index (χ3n) is 3.64. The highest BCUT2D eigenvalue weighted by molar-refractivity contribution is 5.74. The summed E-state index contributed by atoms with van der Waals surface area (Å²) in [4.78, 5) is 13.3. The average molecular weight is 248 g/mol. The lowest BCUT2D eigenvalue weighted by atomic mass is 10.0. The zero-order chi connectivity index (χ0) is 13.1. The Balaban J connectivity index is 2.18. The third kappa shape index (κ3) is 2.71. The molecule has 1 unspecified atom stereocenters. The number of nitrogens with one attached hydrogen (secondary N) is 1. The van der Waals surface area contributed by atoms with E-state index >= 15 is 0 Å². The van der Waals surface area contributed by atoms with Gasteiger partial charge in [-0.05, 0) is 30.5 Å². The van der Waals surface area contributed by atoms with E-state index < -0.39 is 12.0 Å². The predicted molar refractivity (Wildman–Crippen MR) is 70.6 cm³/mol. The van der Waals surface area contributed by atoms with Crippen LogP contribution < -0.4 is 5.32 Å². The molecule has 0 aliphatic carbocycles. The predicted octanol–water partition coefficient (Wildman–Crippen LogP) is 1.16. The van der Waals surface area contributed by atoms with Gasteiger partial charge in [-0.2, -0.15) is 0 Å². The summed E-state index contributed by atoms with van der Waals surface area (Å²) in [7, 11) is 0. The van der Waals surface area contributed by atoms with Crippen molar-refractivity contribution >= 4 is 5.97 Å². The summed E-state index contributed by atoms with van der Waals surface area (Å²) in [6.07, 6.45) is 0. The van der Waals surface area contributed by atoms with E-state index in [9.17, 15) is 9.90 Å². The quantitative estimate of drug-likeness (QED) is 0.843. The number of carboxylic acid groups (broad SMARTS) is 1. The Morgan fingerprint density at radius 2 is 2.11 bits per heavy atom. The van der Waals surface area contributed by atoms with Gasteiger partial charge in [-0.3, -0.25) is 9.69 Å². The molecule has 1 heterocycles. The number of carboxylic acids is 1. The Kier molecular flexibility index (Phi) is 3.99. The number of piperazine rings is 1. The number of rotatable bonds is 3. The number of hydrogen-bond acceptors (Lipinski definition) is 3. The number of benzene rings is 1. The molecule has 18 heavy (non-hydrogen) atoms. The smallest absolute Gasteiger partial charge is 0.322 e. The van der Waals surface area contributed by atoms with E-state index in [4.69, 9.17) is 0 Å². The van der Waals surface area contributed by atoms with Crippen molar-refractivity contribution in [1.29, 1.82) is 0 Å². The maximum atomic E-state index is 11.2. The van der Waals surface area contributed by atoms with Gasteiger partial charge in [-0.1, -0.05) is 18.2 Å². The van der Waals surface area contributed by atoms with E-state index in [0.717, 1.165) is 19.6 Å². The first-order chi connectivity index (χ1) is 8.59. The molecule has 2 rings (SSSR count). The SMILES string of the molecule is Cc1cccc(C)c1CN1CCNCC1C(=O)O. The van der Waals surface area contributed by atoms with Gasteiger partial charge in [0.2, 0.25) is 0 Å². The van der Waals surface area contributed by atoms with Crippen molar-refractivity contribution < 1.29 is 9.90 Å². The molecule has 0 radical (unpaired) electrons. The van der Waals surface area contributed by atoms with E-state index in [1.54, 1.807) is 0 Å². The first-order valence-electron chi connectivity index (χ1n) is 6.32. The molecule has 0 saturated carbocycles. The molecule has 1 aliphatic rings. The fourth-order valence-corrected chi connectivity index (χ4v) is 2.48. The van der Waals surface area contributed by atoms with Crippen LogP contribution in [0, 0.1) is 13.8 Å². The summed E-state index contributed by atoms with van der Waals surface area (Å²) in [5.41, 5.74) is 3.72. The van der Waals surface area contributed by atoms with Crippen LogP contribution in [0.25, 0.3) is 0 Å². The Morgan fingerprint density at radius 1 is 1.44 bits per heavy atom. The molecular formula is C14H20N2O2. The van der Waals surface area contributed by atoms with Gasteiger partial charge in [0.15, 0.2) is 0 Å². The van der Waals surface area contributed by atoms with Crippen molar-refractivity contribution in [3.8, 4) is 0 Å². The molecule has 0 aromatic heterocycles. The summed E-state index contributed by atoms with van der Waals surface area (Å²) in [5.74, 6) is -0.742. The van der Waals surface area contributed by atoms with Gasteiger partial charge >= 0.3 is 5.97 Å². The molecule has 2 N–H and O–H groups in total. The molecule has 0 bridgehead atoms. The summed E-state index contributed by atoms with van der Waals surface area (Å²) in [5, 5.41) is 12.4. The minimum Gasteiger partial charge on any atom is -0.480 e. The van der Waals surface area contributed by atoms with E-state index in [1.807, 2.05) is 11.0 Å². The van der Waals surface area contributed by atoms with Crippen molar-refractivity contribution in [3.63, 3.8) is 0 Å². The fourth-order valence-electron chi connectivity index (χ4n) is 2.48.